The third kappa shape index (κ3) is 3.08. The van der Waals surface area contributed by atoms with Gasteiger partial charge < -0.3 is 4.90 Å². The van der Waals surface area contributed by atoms with Crippen molar-refractivity contribution in [1.82, 2.24) is 9.88 Å². The van der Waals surface area contributed by atoms with Gasteiger partial charge in [0.05, 0.1) is 12.1 Å². The number of hydrogen-bond donors (Lipinski definition) is 0. The molecule has 0 saturated carbocycles. The van der Waals surface area contributed by atoms with Gasteiger partial charge >= 0.3 is 0 Å². The van der Waals surface area contributed by atoms with E-state index in [1.54, 1.807) is 19.0 Å². The van der Waals surface area contributed by atoms with Crippen LogP contribution >= 0.6 is 27.3 Å². The van der Waals surface area contributed by atoms with Gasteiger partial charge in [-0.15, -0.1) is 11.3 Å². The highest BCUT2D eigenvalue weighted by Crippen LogP contribution is 2.13. The molecule has 0 fully saturated rings. The molecule has 0 unspecified atom stereocenters. The Balaban J connectivity index is 2.59. The number of thiazole rings is 1. The second kappa shape index (κ2) is 4.72. The molecule has 0 atom stereocenters. The van der Waals surface area contributed by atoms with E-state index in [-0.39, 0.29) is 5.91 Å². The van der Waals surface area contributed by atoms with Crippen molar-refractivity contribution in [3.63, 3.8) is 0 Å². The molecule has 0 aromatic carbocycles. The van der Waals surface area contributed by atoms with Crippen LogP contribution in [0.15, 0.2) is 5.38 Å². The minimum absolute atomic E-state index is 0.0930. The van der Waals surface area contributed by atoms with Crippen LogP contribution in [0.3, 0.4) is 0 Å². The standard InChI is InChI=1S/C8H11BrN2OS/c1-11(2)8(12)3-7-10-6(4-9)5-13-7/h5H,3-4H2,1-2H3. The van der Waals surface area contributed by atoms with E-state index in [0.29, 0.717) is 6.42 Å². The predicted octanol–water partition coefficient (Wildman–Crippen LogP) is 1.67. The number of likely N-dealkylation sites (N-methyl/N-ethyl adjacent to an activating group) is 1. The zero-order valence-electron chi connectivity index (χ0n) is 7.58. The molecule has 3 nitrogen and oxygen atoms in total. The molecular formula is C8H11BrN2OS. The van der Waals surface area contributed by atoms with E-state index in [1.165, 1.54) is 11.3 Å². The highest BCUT2D eigenvalue weighted by molar-refractivity contribution is 9.08. The molecule has 1 heterocycles. The van der Waals surface area contributed by atoms with Gasteiger partial charge in [0.15, 0.2) is 0 Å². The van der Waals surface area contributed by atoms with Crippen LogP contribution in [0.2, 0.25) is 0 Å². The van der Waals surface area contributed by atoms with Crippen LogP contribution in [-0.4, -0.2) is 29.9 Å². The molecule has 1 aromatic rings. The van der Waals surface area contributed by atoms with Gasteiger partial charge in [0.25, 0.3) is 0 Å². The summed E-state index contributed by atoms with van der Waals surface area (Å²) in [6, 6.07) is 0. The van der Waals surface area contributed by atoms with E-state index < -0.39 is 0 Å². The SMILES string of the molecule is CN(C)C(=O)Cc1nc(CBr)cs1. The van der Waals surface area contributed by atoms with Crippen LogP contribution in [0, 0.1) is 0 Å². The van der Waals surface area contributed by atoms with Crippen molar-refractivity contribution in [2.75, 3.05) is 14.1 Å². The normalized spacial score (nSPS) is 10.1. The lowest BCUT2D eigenvalue weighted by molar-refractivity contribution is -0.127. The van der Waals surface area contributed by atoms with Crippen LogP contribution in [0.4, 0.5) is 0 Å². The summed E-state index contributed by atoms with van der Waals surface area (Å²) in [4.78, 5) is 17.1. The van der Waals surface area contributed by atoms with Crippen LogP contribution in [0.5, 0.6) is 0 Å². The third-order valence-electron chi connectivity index (χ3n) is 1.54. The van der Waals surface area contributed by atoms with Crippen molar-refractivity contribution >= 4 is 33.2 Å². The number of hydrogen-bond acceptors (Lipinski definition) is 3. The molecule has 72 valence electrons. The number of carbonyl (C=O) groups excluding carboxylic acids is 1. The van der Waals surface area contributed by atoms with Gasteiger partial charge in [0, 0.05) is 24.8 Å². The third-order valence-corrected chi connectivity index (χ3v) is 3.01. The molecule has 0 aliphatic heterocycles. The Morgan fingerprint density at radius 3 is 2.85 bits per heavy atom. The van der Waals surface area contributed by atoms with E-state index in [0.717, 1.165) is 16.0 Å². The summed E-state index contributed by atoms with van der Waals surface area (Å²) in [5.41, 5.74) is 0.992. The van der Waals surface area contributed by atoms with Crippen LogP contribution in [-0.2, 0) is 16.5 Å². The second-order valence-corrected chi connectivity index (χ2v) is 4.33. The zero-order chi connectivity index (χ0) is 9.84. The molecule has 0 bridgehead atoms. The molecule has 1 aromatic heterocycles. The van der Waals surface area contributed by atoms with Crippen molar-refractivity contribution in [3.05, 3.63) is 16.1 Å². The van der Waals surface area contributed by atoms with E-state index >= 15 is 0 Å². The topological polar surface area (TPSA) is 33.2 Å². The maximum absolute atomic E-state index is 11.3. The number of alkyl halides is 1. The lowest BCUT2D eigenvalue weighted by Crippen LogP contribution is -2.23. The summed E-state index contributed by atoms with van der Waals surface area (Å²) in [6.07, 6.45) is 0.407. The molecule has 5 heteroatoms. The first kappa shape index (κ1) is 10.7. The van der Waals surface area contributed by atoms with Crippen molar-refractivity contribution in [2.24, 2.45) is 0 Å². The fourth-order valence-corrected chi connectivity index (χ4v) is 2.07. The first-order valence-corrected chi connectivity index (χ1v) is 5.83. The lowest BCUT2D eigenvalue weighted by Gasteiger charge is -2.07. The molecule has 0 aliphatic carbocycles. The van der Waals surface area contributed by atoms with Crippen LogP contribution < -0.4 is 0 Å². The molecule has 0 radical (unpaired) electrons. The Kier molecular flexibility index (Phi) is 3.87. The average molecular weight is 263 g/mol. The Hall–Kier alpha value is -0.420. The molecule has 0 spiro atoms. The Morgan fingerprint density at radius 2 is 2.38 bits per heavy atom. The number of amides is 1. The summed E-state index contributed by atoms with van der Waals surface area (Å²) >= 11 is 4.85. The minimum atomic E-state index is 0.0930. The van der Waals surface area contributed by atoms with Gasteiger partial charge in [0.1, 0.15) is 5.01 Å². The Bertz CT molecular complexity index is 298. The van der Waals surface area contributed by atoms with Crippen molar-refractivity contribution in [1.29, 1.82) is 0 Å². The van der Waals surface area contributed by atoms with Crippen molar-refractivity contribution < 1.29 is 4.79 Å². The van der Waals surface area contributed by atoms with E-state index in [1.807, 2.05) is 5.38 Å². The van der Waals surface area contributed by atoms with Crippen LogP contribution in [0.25, 0.3) is 0 Å². The summed E-state index contributed by atoms with van der Waals surface area (Å²) in [5.74, 6) is 0.0930. The number of nitrogens with zero attached hydrogens (tertiary/aromatic N) is 2. The largest absolute Gasteiger partial charge is 0.348 e. The van der Waals surface area contributed by atoms with Crippen molar-refractivity contribution in [2.45, 2.75) is 11.8 Å². The van der Waals surface area contributed by atoms with Gasteiger partial charge in [-0.1, -0.05) is 15.9 Å². The van der Waals surface area contributed by atoms with Gasteiger partial charge in [-0.3, -0.25) is 4.79 Å². The zero-order valence-corrected chi connectivity index (χ0v) is 9.98. The fraction of sp³-hybridized carbons (Fsp3) is 0.500. The Morgan fingerprint density at radius 1 is 1.69 bits per heavy atom. The molecule has 0 aliphatic rings. The first-order valence-electron chi connectivity index (χ1n) is 3.83. The Labute approximate surface area is 89.9 Å². The number of carbonyl (C=O) groups is 1. The molecule has 1 rings (SSSR count). The molecule has 0 N–H and O–H groups in total. The number of halogens is 1. The monoisotopic (exact) mass is 262 g/mol. The smallest absolute Gasteiger partial charge is 0.228 e. The predicted molar refractivity (Wildman–Crippen MR) is 57.1 cm³/mol. The summed E-state index contributed by atoms with van der Waals surface area (Å²) in [7, 11) is 3.50. The average Bonchev–Trinajstić information content (AvgIpc) is 2.52. The maximum atomic E-state index is 11.3. The number of rotatable bonds is 3. The van der Waals surface area contributed by atoms with Crippen LogP contribution in [0.1, 0.15) is 10.7 Å². The molecule has 0 saturated heterocycles. The van der Waals surface area contributed by atoms with E-state index in [4.69, 9.17) is 0 Å². The minimum Gasteiger partial charge on any atom is -0.348 e. The van der Waals surface area contributed by atoms with Gasteiger partial charge in [-0.2, -0.15) is 0 Å². The highest BCUT2D eigenvalue weighted by Gasteiger charge is 2.08. The number of aromatic nitrogens is 1. The quantitative estimate of drug-likeness (QED) is 0.777. The summed E-state index contributed by atoms with van der Waals surface area (Å²) < 4.78 is 0. The van der Waals surface area contributed by atoms with E-state index in [9.17, 15) is 4.79 Å². The summed E-state index contributed by atoms with van der Waals surface area (Å²) in [5, 5.41) is 3.60. The fourth-order valence-electron chi connectivity index (χ4n) is 0.779. The first-order chi connectivity index (χ1) is 6.13. The van der Waals surface area contributed by atoms with Crippen molar-refractivity contribution in [3.8, 4) is 0 Å². The highest BCUT2D eigenvalue weighted by atomic mass is 79.9. The lowest BCUT2D eigenvalue weighted by atomic mass is 10.4. The van der Waals surface area contributed by atoms with Gasteiger partial charge in [-0.25, -0.2) is 4.98 Å². The molecular weight excluding hydrogens is 252 g/mol. The summed E-state index contributed by atoms with van der Waals surface area (Å²) in [6.45, 7) is 0. The molecule has 13 heavy (non-hydrogen) atoms. The maximum Gasteiger partial charge on any atom is 0.228 e. The van der Waals surface area contributed by atoms with Gasteiger partial charge in [0.2, 0.25) is 5.91 Å². The molecule has 1 amide bonds. The second-order valence-electron chi connectivity index (χ2n) is 2.83. The van der Waals surface area contributed by atoms with Gasteiger partial charge in [-0.05, 0) is 0 Å². The van der Waals surface area contributed by atoms with E-state index in [2.05, 4.69) is 20.9 Å².